The summed E-state index contributed by atoms with van der Waals surface area (Å²) in [5, 5.41) is 7.06. The summed E-state index contributed by atoms with van der Waals surface area (Å²) in [5.74, 6) is -1.50. The number of carbonyl (C=O) groups is 2. The molecule has 146 valence electrons. The Morgan fingerprint density at radius 3 is 2.33 bits per heavy atom. The van der Waals surface area contributed by atoms with E-state index in [4.69, 9.17) is 4.84 Å². The van der Waals surface area contributed by atoms with Crippen LogP contribution in [0.25, 0.3) is 6.08 Å². The van der Waals surface area contributed by atoms with Crippen molar-refractivity contribution in [3.63, 3.8) is 0 Å². The number of para-hydroxylation sites is 1. The van der Waals surface area contributed by atoms with Gasteiger partial charge in [0.1, 0.15) is 5.92 Å². The number of Topliss-reactive ketones (excluding diaryl/α,β-unsaturated/α-hetero) is 1. The number of allylic oxidation sites excluding steroid dienone is 1. The van der Waals surface area contributed by atoms with E-state index in [0.29, 0.717) is 22.5 Å². The lowest BCUT2D eigenvalue weighted by Gasteiger charge is -2.26. The minimum Gasteiger partial charge on any atom is -0.373 e. The molecule has 3 aromatic carbocycles. The molecule has 0 saturated carbocycles. The topological polar surface area (TPSA) is 67.8 Å². The van der Waals surface area contributed by atoms with E-state index in [-0.39, 0.29) is 11.7 Å². The smallest absolute Gasteiger partial charge is 0.277 e. The van der Waals surface area contributed by atoms with Gasteiger partial charge in [0.05, 0.1) is 5.71 Å². The number of ketones is 1. The van der Waals surface area contributed by atoms with E-state index in [1.807, 2.05) is 54.6 Å². The molecule has 3 aromatic rings. The van der Waals surface area contributed by atoms with Gasteiger partial charge in [0.25, 0.3) is 11.5 Å². The molecule has 5 heteroatoms. The Labute approximate surface area is 173 Å². The summed E-state index contributed by atoms with van der Waals surface area (Å²) >= 11 is 0. The first-order valence-electron chi connectivity index (χ1n) is 9.69. The standard InChI is InChI=1S/C25H18N2O3/c28-23(18-11-5-2-6-12-18)22-21(16-15-17-9-3-1-4-10-17)27-30-25(22)19-13-7-8-14-20(19)26-24(25)29/h1-16,22H,(H,26,29)/b16-15+/t22-,25+/m1/s1. The van der Waals surface area contributed by atoms with Crippen molar-refractivity contribution in [3.05, 3.63) is 108 Å². The Kier molecular flexibility index (Phi) is 4.29. The minimum absolute atomic E-state index is 0.212. The molecular weight excluding hydrogens is 376 g/mol. The molecule has 5 rings (SSSR count). The molecule has 5 nitrogen and oxygen atoms in total. The fourth-order valence-corrected chi connectivity index (χ4v) is 4.03. The predicted molar refractivity (Wildman–Crippen MR) is 115 cm³/mol. The van der Waals surface area contributed by atoms with Gasteiger partial charge in [-0.05, 0) is 17.7 Å². The second kappa shape index (κ2) is 7.12. The van der Waals surface area contributed by atoms with Crippen molar-refractivity contribution in [2.24, 2.45) is 11.1 Å². The first-order valence-corrected chi connectivity index (χ1v) is 9.69. The summed E-state index contributed by atoms with van der Waals surface area (Å²) < 4.78 is 0. The zero-order valence-corrected chi connectivity index (χ0v) is 16.0. The van der Waals surface area contributed by atoms with Gasteiger partial charge in [0, 0.05) is 16.8 Å². The number of nitrogens with zero attached hydrogens (tertiary/aromatic N) is 1. The van der Waals surface area contributed by atoms with Gasteiger partial charge in [-0.2, -0.15) is 0 Å². The molecule has 0 radical (unpaired) electrons. The van der Waals surface area contributed by atoms with Crippen molar-refractivity contribution >= 4 is 29.2 Å². The largest absolute Gasteiger partial charge is 0.373 e. The van der Waals surface area contributed by atoms with Crippen LogP contribution in [0.3, 0.4) is 0 Å². The van der Waals surface area contributed by atoms with E-state index < -0.39 is 11.5 Å². The maximum Gasteiger partial charge on any atom is 0.277 e. The quantitative estimate of drug-likeness (QED) is 0.666. The van der Waals surface area contributed by atoms with Crippen molar-refractivity contribution in [1.82, 2.24) is 0 Å². The molecule has 0 aliphatic carbocycles. The van der Waals surface area contributed by atoms with Crippen molar-refractivity contribution in [1.29, 1.82) is 0 Å². The van der Waals surface area contributed by atoms with Crippen LogP contribution in [-0.4, -0.2) is 17.4 Å². The third kappa shape index (κ3) is 2.75. The molecule has 0 bridgehead atoms. The van der Waals surface area contributed by atoms with Gasteiger partial charge in [0.2, 0.25) is 0 Å². The molecule has 0 saturated heterocycles. The number of carbonyl (C=O) groups excluding carboxylic acids is 2. The van der Waals surface area contributed by atoms with Crippen LogP contribution in [0, 0.1) is 5.92 Å². The number of benzene rings is 3. The Balaban J connectivity index is 1.62. The lowest BCUT2D eigenvalue weighted by molar-refractivity contribution is -0.140. The highest BCUT2D eigenvalue weighted by atomic mass is 16.7. The van der Waals surface area contributed by atoms with Crippen molar-refractivity contribution in [2.45, 2.75) is 5.60 Å². The van der Waals surface area contributed by atoms with E-state index in [9.17, 15) is 9.59 Å². The van der Waals surface area contributed by atoms with Crippen LogP contribution in [-0.2, 0) is 15.2 Å². The lowest BCUT2D eigenvalue weighted by Crippen LogP contribution is -2.46. The molecule has 0 unspecified atom stereocenters. The molecule has 1 spiro atoms. The molecule has 1 N–H and O–H groups in total. The molecule has 2 heterocycles. The molecule has 0 fully saturated rings. The first-order chi connectivity index (χ1) is 14.7. The monoisotopic (exact) mass is 394 g/mol. The maximum absolute atomic E-state index is 13.6. The molecule has 0 aromatic heterocycles. The highest BCUT2D eigenvalue weighted by Gasteiger charge is 2.62. The molecular formula is C25H18N2O3. The highest BCUT2D eigenvalue weighted by Crippen LogP contribution is 2.49. The molecule has 1 amide bonds. The van der Waals surface area contributed by atoms with Crippen LogP contribution in [0.4, 0.5) is 5.69 Å². The molecule has 30 heavy (non-hydrogen) atoms. The second-order valence-electron chi connectivity index (χ2n) is 7.25. The zero-order chi connectivity index (χ0) is 20.6. The average molecular weight is 394 g/mol. The number of hydrogen-bond donors (Lipinski definition) is 1. The van der Waals surface area contributed by atoms with E-state index >= 15 is 0 Å². The number of oxime groups is 1. The summed E-state index contributed by atoms with van der Waals surface area (Å²) in [6, 6.07) is 25.9. The fourth-order valence-electron chi connectivity index (χ4n) is 4.03. The van der Waals surface area contributed by atoms with E-state index in [1.165, 1.54) is 0 Å². The lowest BCUT2D eigenvalue weighted by atomic mass is 9.75. The Morgan fingerprint density at radius 2 is 1.57 bits per heavy atom. The van der Waals surface area contributed by atoms with Gasteiger partial charge in [-0.15, -0.1) is 0 Å². The van der Waals surface area contributed by atoms with Crippen LogP contribution in [0.5, 0.6) is 0 Å². The van der Waals surface area contributed by atoms with Crippen molar-refractivity contribution in [3.8, 4) is 0 Å². The third-order valence-corrected chi connectivity index (χ3v) is 5.48. The molecule has 2 aliphatic heterocycles. The summed E-state index contributed by atoms with van der Waals surface area (Å²) in [6.07, 6.45) is 3.62. The normalized spacial score (nSPS) is 21.9. The number of fused-ring (bicyclic) bond motifs is 2. The van der Waals surface area contributed by atoms with Crippen LogP contribution < -0.4 is 5.32 Å². The third-order valence-electron chi connectivity index (χ3n) is 5.48. The summed E-state index contributed by atoms with van der Waals surface area (Å²) in [6.45, 7) is 0. The van der Waals surface area contributed by atoms with Gasteiger partial charge >= 0.3 is 0 Å². The fraction of sp³-hybridized carbons (Fsp3) is 0.0800. The SMILES string of the molecule is O=C(c1ccccc1)[C@H]1C(/C=C/c2ccccc2)=NO[C@]12C(=O)Nc1ccccc12. The Morgan fingerprint density at radius 1 is 0.900 bits per heavy atom. The highest BCUT2D eigenvalue weighted by molar-refractivity contribution is 6.23. The maximum atomic E-state index is 13.6. The van der Waals surface area contributed by atoms with Crippen molar-refractivity contribution in [2.75, 3.05) is 5.32 Å². The summed E-state index contributed by atoms with van der Waals surface area (Å²) in [4.78, 5) is 32.5. The number of hydrogen-bond acceptors (Lipinski definition) is 4. The number of anilines is 1. The van der Waals surface area contributed by atoms with Crippen LogP contribution in [0.2, 0.25) is 0 Å². The van der Waals surface area contributed by atoms with Gasteiger partial charge in [-0.3, -0.25) is 9.59 Å². The van der Waals surface area contributed by atoms with Crippen LogP contribution in [0.1, 0.15) is 21.5 Å². The average Bonchev–Trinajstić information content (AvgIpc) is 3.32. The number of nitrogens with one attached hydrogen (secondary N) is 1. The van der Waals surface area contributed by atoms with Crippen LogP contribution in [0.15, 0.2) is 96.2 Å². The van der Waals surface area contributed by atoms with Gasteiger partial charge in [0.15, 0.2) is 5.78 Å². The number of amides is 1. The van der Waals surface area contributed by atoms with E-state index in [0.717, 1.165) is 5.56 Å². The zero-order valence-electron chi connectivity index (χ0n) is 16.0. The Hall–Kier alpha value is -3.99. The van der Waals surface area contributed by atoms with E-state index in [2.05, 4.69) is 10.5 Å². The van der Waals surface area contributed by atoms with E-state index in [1.54, 1.807) is 42.5 Å². The molecule has 2 atom stereocenters. The van der Waals surface area contributed by atoms with Crippen LogP contribution >= 0.6 is 0 Å². The number of rotatable bonds is 4. The minimum atomic E-state index is -1.51. The van der Waals surface area contributed by atoms with Gasteiger partial charge in [-0.25, -0.2) is 0 Å². The summed E-state index contributed by atoms with van der Waals surface area (Å²) in [5.41, 5.74) is 1.63. The summed E-state index contributed by atoms with van der Waals surface area (Å²) in [7, 11) is 0. The second-order valence-corrected chi connectivity index (χ2v) is 7.25. The Bertz CT molecular complexity index is 1190. The first kappa shape index (κ1) is 18.1. The molecule has 2 aliphatic rings. The van der Waals surface area contributed by atoms with Gasteiger partial charge in [-0.1, -0.05) is 90.1 Å². The van der Waals surface area contributed by atoms with Crippen molar-refractivity contribution < 1.29 is 14.4 Å². The van der Waals surface area contributed by atoms with Gasteiger partial charge < -0.3 is 10.2 Å². The predicted octanol–water partition coefficient (Wildman–Crippen LogP) is 4.43.